The van der Waals surface area contributed by atoms with E-state index in [1.54, 1.807) is 36.0 Å². The van der Waals surface area contributed by atoms with Crippen LogP contribution in [-0.4, -0.2) is 50.6 Å². The lowest BCUT2D eigenvalue weighted by Gasteiger charge is -2.25. The SMILES string of the molecule is Cc1cc(-c2ccc(Nc3cc(Nc4cccc(C(F)(F)F)n4)nc4c3nc(C)n4C3CCCCO3)c(S(C)(=O)=O)c2)nn1C. The van der Waals surface area contributed by atoms with Crippen LogP contribution in [0.5, 0.6) is 0 Å². The minimum absolute atomic E-state index is 0.0362. The van der Waals surface area contributed by atoms with Crippen molar-refractivity contribution in [1.29, 1.82) is 0 Å². The number of pyridine rings is 2. The summed E-state index contributed by atoms with van der Waals surface area (Å²) in [6.45, 7) is 4.29. The topological polar surface area (TPSA) is 129 Å². The summed E-state index contributed by atoms with van der Waals surface area (Å²) in [5, 5.41) is 10.6. The Balaban J connectivity index is 1.48. The standard InChI is InChI=1S/C30H31F3N8O3S/c1-17-14-21(39-40(17)3)19-11-12-20(23(15-19)45(4,42)43)35-22-16-26(37-25-9-7-8-24(36-25)30(31,32)33)38-29-28(22)34-18(2)41(29)27-10-5-6-13-44-27/h7-9,11-12,14-16,27H,5-6,10,13H2,1-4H3,(H2,35,36,37,38). The van der Waals surface area contributed by atoms with Crippen LogP contribution in [0.25, 0.3) is 22.4 Å². The number of nitrogens with zero attached hydrogens (tertiary/aromatic N) is 6. The normalized spacial score (nSPS) is 15.8. The van der Waals surface area contributed by atoms with Gasteiger partial charge in [-0.05, 0) is 63.4 Å². The van der Waals surface area contributed by atoms with E-state index in [-0.39, 0.29) is 28.4 Å². The largest absolute Gasteiger partial charge is 0.433 e. The summed E-state index contributed by atoms with van der Waals surface area (Å²) < 4.78 is 75.8. The molecule has 1 aliphatic heterocycles. The Morgan fingerprint density at radius 1 is 0.956 bits per heavy atom. The Morgan fingerprint density at radius 2 is 1.76 bits per heavy atom. The second kappa shape index (κ2) is 11.5. The highest BCUT2D eigenvalue weighted by Crippen LogP contribution is 2.37. The predicted molar refractivity (Wildman–Crippen MR) is 163 cm³/mol. The van der Waals surface area contributed by atoms with E-state index in [1.807, 2.05) is 24.5 Å². The number of imidazole rings is 1. The van der Waals surface area contributed by atoms with E-state index >= 15 is 0 Å². The Morgan fingerprint density at radius 3 is 2.42 bits per heavy atom. The zero-order valence-corrected chi connectivity index (χ0v) is 25.8. The second-order valence-corrected chi connectivity index (χ2v) is 13.0. The molecule has 2 N–H and O–H groups in total. The van der Waals surface area contributed by atoms with Crippen LogP contribution < -0.4 is 10.6 Å². The Kier molecular flexibility index (Phi) is 7.77. The maximum Gasteiger partial charge on any atom is 0.433 e. The molecule has 1 unspecified atom stereocenters. The zero-order valence-electron chi connectivity index (χ0n) is 25.0. The lowest BCUT2D eigenvalue weighted by atomic mass is 10.1. The quantitative estimate of drug-likeness (QED) is 0.206. The molecule has 0 saturated carbocycles. The fourth-order valence-corrected chi connectivity index (χ4v) is 6.19. The third kappa shape index (κ3) is 6.22. The highest BCUT2D eigenvalue weighted by Gasteiger charge is 2.32. The summed E-state index contributed by atoms with van der Waals surface area (Å²) in [4.78, 5) is 13.2. The van der Waals surface area contributed by atoms with E-state index < -0.39 is 21.7 Å². The first kappa shape index (κ1) is 30.5. The Bertz CT molecular complexity index is 2000. The number of anilines is 4. The van der Waals surface area contributed by atoms with E-state index in [4.69, 9.17) is 14.7 Å². The molecule has 1 saturated heterocycles. The summed E-state index contributed by atoms with van der Waals surface area (Å²) in [5.41, 5.74) is 2.63. The zero-order chi connectivity index (χ0) is 32.1. The van der Waals surface area contributed by atoms with E-state index in [0.717, 1.165) is 37.3 Å². The third-order valence-electron chi connectivity index (χ3n) is 7.62. The highest BCUT2D eigenvalue weighted by atomic mass is 32.2. The molecule has 0 spiro atoms. The molecule has 0 amide bonds. The van der Waals surface area contributed by atoms with Gasteiger partial charge in [-0.1, -0.05) is 12.1 Å². The molecule has 15 heteroatoms. The maximum absolute atomic E-state index is 13.4. The van der Waals surface area contributed by atoms with Crippen molar-refractivity contribution in [3.05, 3.63) is 65.7 Å². The van der Waals surface area contributed by atoms with Crippen LogP contribution in [0, 0.1) is 13.8 Å². The third-order valence-corrected chi connectivity index (χ3v) is 8.76. The van der Waals surface area contributed by atoms with Gasteiger partial charge in [-0.2, -0.15) is 18.3 Å². The first-order valence-electron chi connectivity index (χ1n) is 14.2. The molecule has 1 aromatic carbocycles. The van der Waals surface area contributed by atoms with Gasteiger partial charge in [0.25, 0.3) is 0 Å². The van der Waals surface area contributed by atoms with Gasteiger partial charge in [0, 0.05) is 37.2 Å². The van der Waals surface area contributed by atoms with Gasteiger partial charge in [0.15, 0.2) is 15.5 Å². The number of fused-ring (bicyclic) bond motifs is 1. The molecule has 0 radical (unpaired) electrons. The molecule has 1 atom stereocenters. The molecule has 1 aliphatic rings. The average molecular weight is 641 g/mol. The summed E-state index contributed by atoms with van der Waals surface area (Å²) in [6, 6.07) is 11.9. The van der Waals surface area contributed by atoms with E-state index in [2.05, 4.69) is 20.7 Å². The number of rotatable bonds is 7. The van der Waals surface area contributed by atoms with Crippen LogP contribution in [-0.2, 0) is 27.8 Å². The molecular formula is C30H31F3N8O3S. The second-order valence-electron chi connectivity index (χ2n) is 11.0. The van der Waals surface area contributed by atoms with E-state index in [0.29, 0.717) is 40.5 Å². The minimum Gasteiger partial charge on any atom is -0.358 e. The number of aryl methyl sites for hydroxylation is 3. The average Bonchev–Trinajstić information content (AvgIpc) is 3.50. The number of hydrogen-bond donors (Lipinski definition) is 2. The summed E-state index contributed by atoms with van der Waals surface area (Å²) in [5.74, 6) is 0.729. The monoisotopic (exact) mass is 640 g/mol. The van der Waals surface area contributed by atoms with Gasteiger partial charge in [0.1, 0.15) is 34.9 Å². The lowest BCUT2D eigenvalue weighted by Crippen LogP contribution is -2.19. The fraction of sp³-hybridized carbons (Fsp3) is 0.333. The van der Waals surface area contributed by atoms with Gasteiger partial charge in [0.2, 0.25) is 0 Å². The van der Waals surface area contributed by atoms with Crippen molar-refractivity contribution in [3.8, 4) is 11.3 Å². The van der Waals surface area contributed by atoms with Crippen LogP contribution in [0.1, 0.15) is 42.7 Å². The van der Waals surface area contributed by atoms with Gasteiger partial charge in [-0.25, -0.2) is 23.4 Å². The molecular weight excluding hydrogens is 609 g/mol. The van der Waals surface area contributed by atoms with E-state index in [9.17, 15) is 21.6 Å². The van der Waals surface area contributed by atoms with Crippen molar-refractivity contribution in [2.45, 2.75) is 50.4 Å². The van der Waals surface area contributed by atoms with Crippen LogP contribution in [0.4, 0.5) is 36.2 Å². The molecule has 5 aromatic rings. The van der Waals surface area contributed by atoms with Crippen LogP contribution in [0.3, 0.4) is 0 Å². The Hall–Kier alpha value is -4.50. The smallest absolute Gasteiger partial charge is 0.358 e. The number of hydrogen-bond acceptors (Lipinski definition) is 9. The van der Waals surface area contributed by atoms with Crippen LogP contribution >= 0.6 is 0 Å². The van der Waals surface area contributed by atoms with Crippen molar-refractivity contribution < 1.29 is 26.3 Å². The van der Waals surface area contributed by atoms with Gasteiger partial charge < -0.3 is 15.4 Å². The van der Waals surface area contributed by atoms with Crippen molar-refractivity contribution in [1.82, 2.24) is 29.3 Å². The van der Waals surface area contributed by atoms with Gasteiger partial charge in [-0.15, -0.1) is 0 Å². The number of benzene rings is 1. The maximum atomic E-state index is 13.4. The van der Waals surface area contributed by atoms with E-state index in [1.165, 1.54) is 12.1 Å². The fourth-order valence-electron chi connectivity index (χ4n) is 5.34. The van der Waals surface area contributed by atoms with Crippen molar-refractivity contribution in [3.63, 3.8) is 0 Å². The molecule has 45 heavy (non-hydrogen) atoms. The number of ether oxygens (including phenoxy) is 1. The van der Waals surface area contributed by atoms with Gasteiger partial charge in [-0.3, -0.25) is 9.25 Å². The van der Waals surface area contributed by atoms with Crippen LogP contribution in [0.2, 0.25) is 0 Å². The van der Waals surface area contributed by atoms with Crippen LogP contribution in [0.15, 0.2) is 53.4 Å². The predicted octanol–water partition coefficient (Wildman–Crippen LogP) is 6.45. The Labute approximate surface area is 257 Å². The summed E-state index contributed by atoms with van der Waals surface area (Å²) in [7, 11) is -1.92. The highest BCUT2D eigenvalue weighted by molar-refractivity contribution is 7.90. The summed E-state index contributed by atoms with van der Waals surface area (Å²) >= 11 is 0. The minimum atomic E-state index is -4.63. The molecule has 0 aliphatic carbocycles. The molecule has 11 nitrogen and oxygen atoms in total. The molecule has 5 heterocycles. The molecule has 6 rings (SSSR count). The number of alkyl halides is 3. The van der Waals surface area contributed by atoms with Gasteiger partial charge in [0.05, 0.1) is 22.0 Å². The molecule has 1 fully saturated rings. The number of sulfone groups is 1. The summed E-state index contributed by atoms with van der Waals surface area (Å²) in [6.07, 6.45) is -1.23. The molecule has 0 bridgehead atoms. The van der Waals surface area contributed by atoms with Crippen molar-refractivity contribution >= 4 is 44.0 Å². The first-order chi connectivity index (χ1) is 21.3. The number of aromatic nitrogens is 6. The van der Waals surface area contributed by atoms with Gasteiger partial charge >= 0.3 is 6.18 Å². The van der Waals surface area contributed by atoms with Crippen molar-refractivity contribution in [2.24, 2.45) is 7.05 Å². The lowest BCUT2D eigenvalue weighted by molar-refractivity contribution is -0.141. The first-order valence-corrected chi connectivity index (χ1v) is 16.1. The number of halogens is 3. The number of nitrogens with one attached hydrogen (secondary N) is 2. The van der Waals surface area contributed by atoms with Crippen molar-refractivity contribution in [2.75, 3.05) is 23.5 Å². The molecule has 236 valence electrons. The molecule has 4 aromatic heterocycles.